The highest BCUT2D eigenvalue weighted by molar-refractivity contribution is 7.26. The fraction of sp³-hybridized carbons (Fsp3) is 0.0200. The van der Waals surface area contributed by atoms with E-state index in [2.05, 4.69) is 199 Å². The predicted octanol–water partition coefficient (Wildman–Crippen LogP) is 10.00. The maximum atomic E-state index is 6.13. The Hall–Kier alpha value is -6.53. The first kappa shape index (κ1) is 31.9. The van der Waals surface area contributed by atoms with Crippen molar-refractivity contribution >= 4 is 71.4 Å². The summed E-state index contributed by atoms with van der Waals surface area (Å²) in [6.07, 6.45) is 0. The van der Waals surface area contributed by atoms with E-state index in [-0.39, 0.29) is 0 Å². The topological polar surface area (TPSA) is 27.1 Å². The lowest BCUT2D eigenvalue weighted by atomic mass is 10.0. The van der Waals surface area contributed by atoms with Crippen LogP contribution in [0.3, 0.4) is 0 Å². The molecule has 1 aliphatic heterocycles. The largest absolute Gasteiger partial charge is 0.459 e. The number of para-hydroxylation sites is 1. The van der Waals surface area contributed by atoms with Crippen molar-refractivity contribution in [1.82, 2.24) is 9.55 Å². The summed E-state index contributed by atoms with van der Waals surface area (Å²) < 4.78 is 10.9. The zero-order valence-electron chi connectivity index (χ0n) is 29.9. The summed E-state index contributed by atoms with van der Waals surface area (Å²) in [4.78, 5) is 4.88. The molecule has 5 heteroatoms. The molecule has 0 unspecified atom stereocenters. The fourth-order valence-corrected chi connectivity index (χ4v) is 14.8. The standard InChI is InChI=1S/C50H34N2OSSi/c1-3-17-38(18-4-1)55(39-19-5-2-6-20-39,41-22-12-16-36(31-41)42-24-13-25-44-43-23-8-10-27-48(43)54-49(42)44)40-21-11-15-34(30-40)35-28-29-45-47(32-35)52-46-26-9-7-14-37(46)33-53-50(52)51-45/h1-32H,33H2. The van der Waals surface area contributed by atoms with Crippen LogP contribution in [-0.4, -0.2) is 17.6 Å². The zero-order valence-corrected chi connectivity index (χ0v) is 31.7. The van der Waals surface area contributed by atoms with Crippen molar-refractivity contribution in [3.8, 4) is 34.0 Å². The molecule has 0 saturated heterocycles. The predicted molar refractivity (Wildman–Crippen MR) is 233 cm³/mol. The van der Waals surface area contributed by atoms with Gasteiger partial charge >= 0.3 is 6.01 Å². The van der Waals surface area contributed by atoms with Crippen molar-refractivity contribution in [2.24, 2.45) is 0 Å². The third-order valence-corrected chi connectivity index (χ3v) is 17.2. The molecule has 3 heterocycles. The third kappa shape index (κ3) is 5.04. The van der Waals surface area contributed by atoms with Gasteiger partial charge in [0.05, 0.1) is 16.7 Å². The number of aromatic nitrogens is 2. The van der Waals surface area contributed by atoms with Crippen LogP contribution >= 0.6 is 11.3 Å². The van der Waals surface area contributed by atoms with E-state index in [1.165, 1.54) is 57.6 Å². The van der Waals surface area contributed by atoms with Crippen LogP contribution in [0, 0.1) is 0 Å². The summed E-state index contributed by atoms with van der Waals surface area (Å²) in [6, 6.07) is 72.4. The van der Waals surface area contributed by atoms with Crippen LogP contribution in [0.2, 0.25) is 0 Å². The van der Waals surface area contributed by atoms with Crippen molar-refractivity contribution in [2.45, 2.75) is 6.61 Å². The molecule has 55 heavy (non-hydrogen) atoms. The van der Waals surface area contributed by atoms with Crippen LogP contribution in [0.15, 0.2) is 194 Å². The summed E-state index contributed by atoms with van der Waals surface area (Å²) in [5, 5.41) is 8.03. The van der Waals surface area contributed by atoms with Gasteiger partial charge in [-0.05, 0) is 67.3 Å². The number of rotatable bonds is 6. The summed E-state index contributed by atoms with van der Waals surface area (Å²) in [5.41, 5.74) is 9.10. The van der Waals surface area contributed by atoms with E-state index in [0.717, 1.165) is 27.8 Å². The number of thiophene rings is 1. The lowest BCUT2D eigenvalue weighted by Gasteiger charge is -2.35. The fourth-order valence-electron chi connectivity index (χ4n) is 8.76. The third-order valence-electron chi connectivity index (χ3n) is 11.3. The Morgan fingerprint density at radius 3 is 1.93 bits per heavy atom. The number of hydrogen-bond acceptors (Lipinski definition) is 3. The molecule has 1 aliphatic rings. The Morgan fingerprint density at radius 1 is 0.509 bits per heavy atom. The molecule has 11 rings (SSSR count). The maximum absolute atomic E-state index is 6.13. The van der Waals surface area contributed by atoms with Gasteiger partial charge < -0.3 is 4.74 Å². The molecule has 2 aromatic heterocycles. The van der Waals surface area contributed by atoms with Crippen LogP contribution in [0.4, 0.5) is 0 Å². The summed E-state index contributed by atoms with van der Waals surface area (Å²) in [6.45, 7) is 0.528. The maximum Gasteiger partial charge on any atom is 0.302 e. The number of benzene rings is 8. The monoisotopic (exact) mass is 738 g/mol. The highest BCUT2D eigenvalue weighted by atomic mass is 32.1. The molecule has 3 nitrogen and oxygen atoms in total. The minimum Gasteiger partial charge on any atom is -0.459 e. The molecule has 0 saturated carbocycles. The van der Waals surface area contributed by atoms with Gasteiger partial charge in [-0.1, -0.05) is 170 Å². The Bertz CT molecular complexity index is 3020. The first-order chi connectivity index (χ1) is 27.3. The van der Waals surface area contributed by atoms with Gasteiger partial charge in [-0.25, -0.2) is 0 Å². The first-order valence-corrected chi connectivity index (χ1v) is 21.5. The lowest BCUT2D eigenvalue weighted by molar-refractivity contribution is 0.265. The Morgan fingerprint density at radius 2 is 1.13 bits per heavy atom. The van der Waals surface area contributed by atoms with Crippen molar-refractivity contribution in [3.63, 3.8) is 0 Å². The normalized spacial score (nSPS) is 12.4. The Labute approximate surface area is 324 Å². The second-order valence-corrected chi connectivity index (χ2v) is 19.1. The minimum absolute atomic E-state index is 0.528. The number of fused-ring (bicyclic) bond motifs is 8. The first-order valence-electron chi connectivity index (χ1n) is 18.7. The molecule has 0 amide bonds. The van der Waals surface area contributed by atoms with E-state index < -0.39 is 8.07 Å². The number of nitrogens with zero attached hydrogens (tertiary/aromatic N) is 2. The van der Waals surface area contributed by atoms with Gasteiger partial charge in [-0.3, -0.25) is 4.57 Å². The van der Waals surface area contributed by atoms with E-state index in [1.54, 1.807) is 0 Å². The van der Waals surface area contributed by atoms with E-state index in [0.29, 0.717) is 12.6 Å². The van der Waals surface area contributed by atoms with Gasteiger partial charge in [0.1, 0.15) is 6.61 Å². The van der Waals surface area contributed by atoms with E-state index in [4.69, 9.17) is 9.72 Å². The van der Waals surface area contributed by atoms with E-state index >= 15 is 0 Å². The van der Waals surface area contributed by atoms with E-state index in [9.17, 15) is 0 Å². The Kier molecular flexibility index (Phi) is 7.44. The molecule has 0 atom stereocenters. The molecule has 8 aromatic carbocycles. The molecule has 10 aromatic rings. The minimum atomic E-state index is -2.87. The van der Waals surface area contributed by atoms with Gasteiger partial charge in [-0.2, -0.15) is 4.98 Å². The van der Waals surface area contributed by atoms with Crippen LogP contribution in [-0.2, 0) is 6.61 Å². The molecule has 0 fully saturated rings. The summed E-state index contributed by atoms with van der Waals surface area (Å²) in [7, 11) is -2.87. The zero-order chi connectivity index (χ0) is 36.3. The molecular formula is C50H34N2OSSi. The van der Waals surface area contributed by atoms with Crippen molar-refractivity contribution in [1.29, 1.82) is 0 Å². The average Bonchev–Trinajstić information content (AvgIpc) is 3.84. The van der Waals surface area contributed by atoms with Gasteiger partial charge in [0.2, 0.25) is 0 Å². The molecule has 0 spiro atoms. The molecule has 0 aliphatic carbocycles. The quantitative estimate of drug-likeness (QED) is 0.126. The van der Waals surface area contributed by atoms with Crippen molar-refractivity contribution < 1.29 is 4.74 Å². The average molecular weight is 739 g/mol. The molecular weight excluding hydrogens is 705 g/mol. The smallest absolute Gasteiger partial charge is 0.302 e. The van der Waals surface area contributed by atoms with Gasteiger partial charge in [0, 0.05) is 25.7 Å². The second-order valence-electron chi connectivity index (χ2n) is 14.3. The Balaban J connectivity index is 1.13. The summed E-state index contributed by atoms with van der Waals surface area (Å²) >= 11 is 1.89. The van der Waals surface area contributed by atoms with Gasteiger partial charge in [0.25, 0.3) is 0 Å². The number of imidazole rings is 1. The molecule has 260 valence electrons. The van der Waals surface area contributed by atoms with Crippen LogP contribution in [0.5, 0.6) is 6.01 Å². The molecule has 0 bridgehead atoms. The van der Waals surface area contributed by atoms with Crippen molar-refractivity contribution in [2.75, 3.05) is 0 Å². The number of hydrogen-bond donors (Lipinski definition) is 0. The van der Waals surface area contributed by atoms with Crippen molar-refractivity contribution in [3.05, 3.63) is 200 Å². The van der Waals surface area contributed by atoms with E-state index in [1.807, 2.05) is 11.3 Å². The number of ether oxygens (including phenoxy) is 1. The highest BCUT2D eigenvalue weighted by Gasteiger charge is 2.41. The SMILES string of the molecule is c1ccc([Si](c2ccccc2)(c2cccc(-c3ccc4nc5n(c4c3)-c3ccccc3CO5)c2)c2cccc(-c3cccc4c3sc3ccccc34)c2)cc1. The lowest BCUT2D eigenvalue weighted by Crippen LogP contribution is -2.74. The van der Waals surface area contributed by atoms with Gasteiger partial charge in [-0.15, -0.1) is 11.3 Å². The van der Waals surface area contributed by atoms with Crippen LogP contribution < -0.4 is 25.5 Å². The van der Waals surface area contributed by atoms with Crippen LogP contribution in [0.25, 0.3) is 59.1 Å². The molecule has 0 N–H and O–H groups in total. The van der Waals surface area contributed by atoms with Crippen LogP contribution in [0.1, 0.15) is 5.56 Å². The summed E-state index contributed by atoms with van der Waals surface area (Å²) in [5.74, 6) is 0. The highest BCUT2D eigenvalue weighted by Crippen LogP contribution is 2.40. The second kappa shape index (κ2) is 12.8. The molecule has 0 radical (unpaired) electrons. The van der Waals surface area contributed by atoms with Gasteiger partial charge in [0.15, 0.2) is 8.07 Å².